The summed E-state index contributed by atoms with van der Waals surface area (Å²) in [6.45, 7) is 1.28. The van der Waals surface area contributed by atoms with Crippen molar-refractivity contribution < 1.29 is 9.53 Å². The molecule has 2 aromatic heterocycles. The first kappa shape index (κ1) is 14.3. The van der Waals surface area contributed by atoms with Gasteiger partial charge in [0.2, 0.25) is 5.91 Å². The molecule has 1 aliphatic rings. The van der Waals surface area contributed by atoms with Gasteiger partial charge in [0.1, 0.15) is 0 Å². The number of hydrogen-bond acceptors (Lipinski definition) is 4. The molecule has 2 aromatic rings. The number of nitrogens with zero attached hydrogens (tertiary/aromatic N) is 3. The fourth-order valence-electron chi connectivity index (χ4n) is 2.78. The molecule has 3 rings (SSSR count). The van der Waals surface area contributed by atoms with Gasteiger partial charge in [-0.3, -0.25) is 9.48 Å². The molecule has 0 aromatic carbocycles. The Balaban J connectivity index is 1.70. The Morgan fingerprint density at radius 3 is 3.14 bits per heavy atom. The summed E-state index contributed by atoms with van der Waals surface area (Å²) in [6.07, 6.45) is 4.31. The zero-order chi connectivity index (χ0) is 14.8. The highest BCUT2D eigenvalue weighted by atomic mass is 32.1. The number of aromatic nitrogens is 2. The van der Waals surface area contributed by atoms with E-state index in [1.54, 1.807) is 27.1 Å². The Labute approximate surface area is 128 Å². The highest BCUT2D eigenvalue weighted by Crippen LogP contribution is 2.35. The van der Waals surface area contributed by atoms with Gasteiger partial charge in [0.05, 0.1) is 18.2 Å². The van der Waals surface area contributed by atoms with Crippen LogP contribution in [0.5, 0.6) is 0 Å². The van der Waals surface area contributed by atoms with Crippen LogP contribution < -0.4 is 0 Å². The van der Waals surface area contributed by atoms with Crippen molar-refractivity contribution in [1.82, 2.24) is 14.7 Å². The molecule has 21 heavy (non-hydrogen) atoms. The number of thiophene rings is 1. The first-order chi connectivity index (χ1) is 10.1. The van der Waals surface area contributed by atoms with E-state index in [1.807, 2.05) is 25.7 Å². The molecular formula is C15H19N3O2S. The summed E-state index contributed by atoms with van der Waals surface area (Å²) >= 11 is 1.65. The van der Waals surface area contributed by atoms with Gasteiger partial charge in [-0.1, -0.05) is 0 Å². The van der Waals surface area contributed by atoms with Crippen molar-refractivity contribution in [2.75, 3.05) is 13.7 Å². The molecule has 6 heteroatoms. The second-order valence-electron chi connectivity index (χ2n) is 5.46. The van der Waals surface area contributed by atoms with Crippen molar-refractivity contribution in [1.29, 1.82) is 0 Å². The number of ether oxygens (including phenoxy) is 1. The van der Waals surface area contributed by atoms with Gasteiger partial charge in [0, 0.05) is 39.0 Å². The average molecular weight is 305 g/mol. The number of carbonyl (C=O) groups is 1. The SMILES string of the molecule is CN(Cc1ccsc1)C(=O)[C@H]1CCO[C@@H]1c1cnn(C)c1. The van der Waals surface area contributed by atoms with Crippen molar-refractivity contribution in [3.05, 3.63) is 40.3 Å². The zero-order valence-corrected chi connectivity index (χ0v) is 13.0. The van der Waals surface area contributed by atoms with E-state index in [-0.39, 0.29) is 17.9 Å². The maximum atomic E-state index is 12.7. The van der Waals surface area contributed by atoms with E-state index in [0.717, 1.165) is 12.0 Å². The van der Waals surface area contributed by atoms with Crippen LogP contribution in [0.1, 0.15) is 23.7 Å². The number of aryl methyl sites for hydroxylation is 1. The van der Waals surface area contributed by atoms with Gasteiger partial charge in [-0.25, -0.2) is 0 Å². The van der Waals surface area contributed by atoms with Gasteiger partial charge < -0.3 is 9.64 Å². The van der Waals surface area contributed by atoms with E-state index < -0.39 is 0 Å². The van der Waals surface area contributed by atoms with Crippen LogP contribution in [0, 0.1) is 5.92 Å². The first-order valence-electron chi connectivity index (χ1n) is 7.01. The third kappa shape index (κ3) is 3.01. The summed E-state index contributed by atoms with van der Waals surface area (Å²) < 4.78 is 7.52. The molecule has 0 aliphatic carbocycles. The normalized spacial score (nSPS) is 21.6. The maximum absolute atomic E-state index is 12.7. The molecule has 0 N–H and O–H groups in total. The van der Waals surface area contributed by atoms with E-state index in [4.69, 9.17) is 4.74 Å². The fraction of sp³-hybridized carbons (Fsp3) is 0.467. The highest BCUT2D eigenvalue weighted by Gasteiger charge is 2.37. The lowest BCUT2D eigenvalue weighted by atomic mass is 9.96. The lowest BCUT2D eigenvalue weighted by Crippen LogP contribution is -2.33. The molecule has 0 saturated carbocycles. The Bertz CT molecular complexity index is 608. The molecular weight excluding hydrogens is 286 g/mol. The van der Waals surface area contributed by atoms with Gasteiger partial charge in [-0.05, 0) is 28.8 Å². The second kappa shape index (κ2) is 5.99. The monoisotopic (exact) mass is 305 g/mol. The maximum Gasteiger partial charge on any atom is 0.228 e. The van der Waals surface area contributed by atoms with Crippen LogP contribution >= 0.6 is 11.3 Å². The van der Waals surface area contributed by atoms with Crippen LogP contribution in [0.15, 0.2) is 29.2 Å². The van der Waals surface area contributed by atoms with Gasteiger partial charge in [0.25, 0.3) is 0 Å². The molecule has 2 atom stereocenters. The quantitative estimate of drug-likeness (QED) is 0.870. The van der Waals surface area contributed by atoms with Crippen LogP contribution in [0.4, 0.5) is 0 Å². The number of rotatable bonds is 4. The van der Waals surface area contributed by atoms with Crippen molar-refractivity contribution in [3.8, 4) is 0 Å². The van der Waals surface area contributed by atoms with Crippen LogP contribution in [0.25, 0.3) is 0 Å². The number of carbonyl (C=O) groups excluding carboxylic acids is 1. The topological polar surface area (TPSA) is 47.4 Å². The molecule has 1 fully saturated rings. The van der Waals surface area contributed by atoms with E-state index in [2.05, 4.69) is 16.5 Å². The standard InChI is InChI=1S/C15H19N3O2S/c1-17(8-11-4-6-21-10-11)15(19)13-3-5-20-14(13)12-7-16-18(2)9-12/h4,6-7,9-10,13-14H,3,5,8H2,1-2H3/t13-,14+/m0/s1. The van der Waals surface area contributed by atoms with E-state index in [0.29, 0.717) is 13.2 Å². The van der Waals surface area contributed by atoms with Crippen molar-refractivity contribution >= 4 is 17.2 Å². The Morgan fingerprint density at radius 1 is 1.62 bits per heavy atom. The molecule has 5 nitrogen and oxygen atoms in total. The summed E-state index contributed by atoms with van der Waals surface area (Å²) in [5.41, 5.74) is 2.16. The van der Waals surface area contributed by atoms with Crippen LogP contribution in [0.2, 0.25) is 0 Å². The summed E-state index contributed by atoms with van der Waals surface area (Å²) in [6, 6.07) is 2.05. The van der Waals surface area contributed by atoms with E-state index in [1.165, 1.54) is 5.56 Å². The van der Waals surface area contributed by atoms with Crippen LogP contribution in [-0.2, 0) is 23.1 Å². The van der Waals surface area contributed by atoms with Gasteiger partial charge in [0.15, 0.2) is 0 Å². The molecule has 0 spiro atoms. The molecule has 1 saturated heterocycles. The van der Waals surface area contributed by atoms with Crippen molar-refractivity contribution in [3.63, 3.8) is 0 Å². The Hall–Kier alpha value is -1.66. The average Bonchev–Trinajstić information content (AvgIpc) is 3.17. The minimum absolute atomic E-state index is 0.113. The first-order valence-corrected chi connectivity index (χ1v) is 7.95. The third-order valence-corrected chi connectivity index (χ3v) is 4.57. The minimum Gasteiger partial charge on any atom is -0.373 e. The second-order valence-corrected chi connectivity index (χ2v) is 6.24. The fourth-order valence-corrected chi connectivity index (χ4v) is 3.44. The summed E-state index contributed by atoms with van der Waals surface area (Å²) in [5.74, 6) is 0.0328. The van der Waals surface area contributed by atoms with E-state index in [9.17, 15) is 4.79 Å². The molecule has 1 aliphatic heterocycles. The largest absolute Gasteiger partial charge is 0.373 e. The molecule has 3 heterocycles. The smallest absolute Gasteiger partial charge is 0.228 e. The van der Waals surface area contributed by atoms with Crippen molar-refractivity contribution in [2.45, 2.75) is 19.1 Å². The molecule has 1 amide bonds. The summed E-state index contributed by atoms with van der Waals surface area (Å²) in [4.78, 5) is 14.5. The zero-order valence-electron chi connectivity index (χ0n) is 12.2. The highest BCUT2D eigenvalue weighted by molar-refractivity contribution is 7.07. The number of amides is 1. The third-order valence-electron chi connectivity index (χ3n) is 3.84. The molecule has 0 unspecified atom stereocenters. The predicted molar refractivity (Wildman–Crippen MR) is 80.8 cm³/mol. The van der Waals surface area contributed by atoms with Gasteiger partial charge in [-0.15, -0.1) is 0 Å². The lowest BCUT2D eigenvalue weighted by Gasteiger charge is -2.23. The number of hydrogen-bond donors (Lipinski definition) is 0. The predicted octanol–water partition coefficient (Wildman–Crippen LogP) is 2.22. The van der Waals surface area contributed by atoms with Crippen molar-refractivity contribution in [2.24, 2.45) is 13.0 Å². The summed E-state index contributed by atoms with van der Waals surface area (Å²) in [7, 11) is 3.73. The lowest BCUT2D eigenvalue weighted by molar-refractivity contribution is -0.136. The van der Waals surface area contributed by atoms with E-state index >= 15 is 0 Å². The molecule has 112 valence electrons. The Kier molecular flexibility index (Phi) is 4.07. The van der Waals surface area contributed by atoms with Crippen LogP contribution in [-0.4, -0.2) is 34.2 Å². The Morgan fingerprint density at radius 2 is 2.48 bits per heavy atom. The molecule has 0 radical (unpaired) electrons. The van der Waals surface area contributed by atoms with Gasteiger partial charge in [-0.2, -0.15) is 16.4 Å². The summed E-state index contributed by atoms with van der Waals surface area (Å²) in [5, 5.41) is 8.28. The minimum atomic E-state index is -0.170. The van der Waals surface area contributed by atoms with Crippen LogP contribution in [0.3, 0.4) is 0 Å². The molecule has 0 bridgehead atoms. The van der Waals surface area contributed by atoms with Gasteiger partial charge >= 0.3 is 0 Å².